The zero-order chi connectivity index (χ0) is 16.4. The predicted molar refractivity (Wildman–Crippen MR) is 87.2 cm³/mol. The van der Waals surface area contributed by atoms with Crippen molar-refractivity contribution in [3.63, 3.8) is 0 Å². The smallest absolute Gasteiger partial charge is 0.183 e. The number of ether oxygens (including phenoxy) is 1. The second-order valence-electron chi connectivity index (χ2n) is 5.58. The molecule has 0 bridgehead atoms. The lowest BCUT2D eigenvalue weighted by Crippen LogP contribution is -2.38. The van der Waals surface area contributed by atoms with Gasteiger partial charge < -0.3 is 15.0 Å². The largest absolute Gasteiger partial charge is 0.371 e. The highest BCUT2D eigenvalue weighted by Gasteiger charge is 2.26. The molecule has 1 aliphatic heterocycles. The molecule has 3 aromatic rings. The molecule has 3 aromatic heterocycles. The molecule has 0 amide bonds. The van der Waals surface area contributed by atoms with Crippen LogP contribution in [0.3, 0.4) is 0 Å². The van der Waals surface area contributed by atoms with Crippen LogP contribution in [0.4, 0.5) is 5.82 Å². The Balaban J connectivity index is 1.55. The maximum Gasteiger partial charge on any atom is 0.183 e. The van der Waals surface area contributed by atoms with Gasteiger partial charge in [0.2, 0.25) is 0 Å². The molecule has 0 radical (unpaired) electrons. The first-order valence-corrected chi connectivity index (χ1v) is 7.81. The van der Waals surface area contributed by atoms with E-state index in [1.54, 1.807) is 18.9 Å². The number of hydrogen-bond donors (Lipinski definition) is 2. The molecule has 0 aliphatic carbocycles. The molecular formula is C15H18N8O. The van der Waals surface area contributed by atoms with Gasteiger partial charge in [-0.15, -0.1) is 0 Å². The Morgan fingerprint density at radius 2 is 2.33 bits per heavy atom. The SMILES string of the molecule is CNc1nc(C2CN(Cc3ccncn3)CCO2)nc2nc[nH]c12. The van der Waals surface area contributed by atoms with Crippen molar-refractivity contribution in [2.24, 2.45) is 0 Å². The maximum absolute atomic E-state index is 5.89. The van der Waals surface area contributed by atoms with Crippen LogP contribution in [0.15, 0.2) is 24.9 Å². The van der Waals surface area contributed by atoms with Crippen molar-refractivity contribution in [3.05, 3.63) is 36.4 Å². The minimum absolute atomic E-state index is 0.186. The molecule has 4 rings (SSSR count). The van der Waals surface area contributed by atoms with Crippen LogP contribution in [0.5, 0.6) is 0 Å². The summed E-state index contributed by atoms with van der Waals surface area (Å²) in [5.74, 6) is 1.37. The number of nitrogens with one attached hydrogen (secondary N) is 2. The van der Waals surface area contributed by atoms with Crippen molar-refractivity contribution >= 4 is 17.0 Å². The Hall–Kier alpha value is -2.65. The number of nitrogens with zero attached hydrogens (tertiary/aromatic N) is 6. The maximum atomic E-state index is 5.89. The molecule has 9 heteroatoms. The molecule has 1 atom stereocenters. The highest BCUT2D eigenvalue weighted by Crippen LogP contribution is 2.24. The summed E-state index contributed by atoms with van der Waals surface area (Å²) >= 11 is 0. The number of H-pyrrole nitrogens is 1. The van der Waals surface area contributed by atoms with Gasteiger partial charge >= 0.3 is 0 Å². The van der Waals surface area contributed by atoms with E-state index in [0.717, 1.165) is 30.1 Å². The first-order chi connectivity index (χ1) is 11.8. The summed E-state index contributed by atoms with van der Waals surface area (Å²) in [6.07, 6.45) is 4.76. The topological polar surface area (TPSA) is 105 Å². The van der Waals surface area contributed by atoms with E-state index >= 15 is 0 Å². The molecule has 0 aromatic carbocycles. The standard InChI is InChI=1S/C15H18N8O/c1-16-14-12-15(20-9-19-12)22-13(21-14)11-7-23(4-5-24-11)6-10-2-3-17-8-18-10/h2-3,8-9,11H,4-7H2,1H3,(H2,16,19,20,21,22). The first-order valence-electron chi connectivity index (χ1n) is 7.81. The lowest BCUT2D eigenvalue weighted by atomic mass is 10.2. The first kappa shape index (κ1) is 14.9. The van der Waals surface area contributed by atoms with E-state index in [9.17, 15) is 0 Å². The molecule has 1 unspecified atom stereocenters. The van der Waals surface area contributed by atoms with Crippen molar-refractivity contribution in [2.45, 2.75) is 12.6 Å². The summed E-state index contributed by atoms with van der Waals surface area (Å²) in [5.41, 5.74) is 2.43. The van der Waals surface area contributed by atoms with Gasteiger partial charge in [0.1, 0.15) is 17.9 Å². The second kappa shape index (κ2) is 6.46. The Labute approximate surface area is 138 Å². The number of imidazole rings is 1. The summed E-state index contributed by atoms with van der Waals surface area (Å²) in [4.78, 5) is 26.9. The second-order valence-corrected chi connectivity index (χ2v) is 5.58. The number of fused-ring (bicyclic) bond motifs is 1. The van der Waals surface area contributed by atoms with Gasteiger partial charge in [-0.1, -0.05) is 0 Å². The fourth-order valence-electron chi connectivity index (χ4n) is 2.82. The number of hydrogen-bond acceptors (Lipinski definition) is 8. The number of aromatic nitrogens is 6. The number of aromatic amines is 1. The molecule has 1 saturated heterocycles. The van der Waals surface area contributed by atoms with Crippen LogP contribution in [0.1, 0.15) is 17.6 Å². The average Bonchev–Trinajstić information content (AvgIpc) is 3.10. The fourth-order valence-corrected chi connectivity index (χ4v) is 2.82. The molecule has 124 valence electrons. The molecule has 1 aliphatic rings. The number of morpholine rings is 1. The van der Waals surface area contributed by atoms with Gasteiger partial charge in [-0.2, -0.15) is 0 Å². The summed E-state index contributed by atoms with van der Waals surface area (Å²) < 4.78 is 5.89. The molecule has 2 N–H and O–H groups in total. The zero-order valence-electron chi connectivity index (χ0n) is 13.3. The molecule has 9 nitrogen and oxygen atoms in total. The van der Waals surface area contributed by atoms with E-state index < -0.39 is 0 Å². The number of anilines is 1. The fraction of sp³-hybridized carbons (Fsp3) is 0.400. The van der Waals surface area contributed by atoms with Crippen LogP contribution < -0.4 is 5.32 Å². The summed E-state index contributed by atoms with van der Waals surface area (Å²) in [6, 6.07) is 1.93. The van der Waals surface area contributed by atoms with Crippen molar-refractivity contribution in [3.8, 4) is 0 Å². The van der Waals surface area contributed by atoms with E-state index in [1.807, 2.05) is 13.1 Å². The minimum atomic E-state index is -0.186. The van der Waals surface area contributed by atoms with Crippen LogP contribution in [0.25, 0.3) is 11.2 Å². The Morgan fingerprint density at radius 3 is 3.17 bits per heavy atom. The normalized spacial score (nSPS) is 18.8. The Morgan fingerprint density at radius 1 is 1.38 bits per heavy atom. The summed E-state index contributed by atoms with van der Waals surface area (Å²) in [7, 11) is 1.83. The predicted octanol–water partition coefficient (Wildman–Crippen LogP) is 0.758. The quantitative estimate of drug-likeness (QED) is 0.724. The van der Waals surface area contributed by atoms with Crippen molar-refractivity contribution in [1.29, 1.82) is 0 Å². The van der Waals surface area contributed by atoms with Crippen LogP contribution in [-0.4, -0.2) is 61.5 Å². The van der Waals surface area contributed by atoms with Crippen molar-refractivity contribution in [2.75, 3.05) is 32.1 Å². The summed E-state index contributed by atoms with van der Waals surface area (Å²) in [6.45, 7) is 2.95. The summed E-state index contributed by atoms with van der Waals surface area (Å²) in [5, 5.41) is 3.08. The molecule has 1 fully saturated rings. The molecule has 4 heterocycles. The third-order valence-corrected chi connectivity index (χ3v) is 4.01. The minimum Gasteiger partial charge on any atom is -0.371 e. The van der Waals surface area contributed by atoms with Gasteiger partial charge in [0.25, 0.3) is 0 Å². The molecule has 0 spiro atoms. The van der Waals surface area contributed by atoms with Gasteiger partial charge in [-0.25, -0.2) is 24.9 Å². The lowest BCUT2D eigenvalue weighted by Gasteiger charge is -2.31. The van der Waals surface area contributed by atoms with E-state index in [2.05, 4.69) is 40.1 Å². The monoisotopic (exact) mass is 326 g/mol. The highest BCUT2D eigenvalue weighted by molar-refractivity contribution is 5.82. The average molecular weight is 326 g/mol. The highest BCUT2D eigenvalue weighted by atomic mass is 16.5. The van der Waals surface area contributed by atoms with Gasteiger partial charge in [-0.3, -0.25) is 4.90 Å². The van der Waals surface area contributed by atoms with Crippen LogP contribution in [0, 0.1) is 0 Å². The third-order valence-electron chi connectivity index (χ3n) is 4.01. The van der Waals surface area contributed by atoms with Gasteiger partial charge in [0, 0.05) is 32.9 Å². The molecular weight excluding hydrogens is 308 g/mol. The van der Waals surface area contributed by atoms with Gasteiger partial charge in [-0.05, 0) is 6.07 Å². The Kier molecular flexibility index (Phi) is 4.01. The van der Waals surface area contributed by atoms with Crippen molar-refractivity contribution < 1.29 is 4.74 Å². The lowest BCUT2D eigenvalue weighted by molar-refractivity contribution is -0.0373. The third kappa shape index (κ3) is 2.91. The molecule has 0 saturated carbocycles. The Bertz CT molecular complexity index is 821. The van der Waals surface area contributed by atoms with Gasteiger partial charge in [0.05, 0.1) is 18.6 Å². The zero-order valence-corrected chi connectivity index (χ0v) is 13.3. The van der Waals surface area contributed by atoms with E-state index in [-0.39, 0.29) is 6.10 Å². The van der Waals surface area contributed by atoms with E-state index in [0.29, 0.717) is 24.6 Å². The van der Waals surface area contributed by atoms with Crippen LogP contribution >= 0.6 is 0 Å². The number of rotatable bonds is 4. The van der Waals surface area contributed by atoms with Crippen molar-refractivity contribution in [1.82, 2.24) is 34.8 Å². The van der Waals surface area contributed by atoms with E-state index in [1.165, 1.54) is 0 Å². The van der Waals surface area contributed by atoms with Crippen LogP contribution in [-0.2, 0) is 11.3 Å². The molecule has 24 heavy (non-hydrogen) atoms. The van der Waals surface area contributed by atoms with Gasteiger partial charge in [0.15, 0.2) is 17.3 Å². The van der Waals surface area contributed by atoms with Crippen LogP contribution in [0.2, 0.25) is 0 Å². The van der Waals surface area contributed by atoms with E-state index in [4.69, 9.17) is 4.74 Å².